The number of nitrogens with zero attached hydrogens (tertiary/aromatic N) is 1. The second-order valence-electron chi connectivity index (χ2n) is 8.54. The zero-order valence-corrected chi connectivity index (χ0v) is 22.1. The standard InChI is InChI=1S/C20H15F5NO4PS.C5H11N/c21-19(22,23)15-10-5-12(11-17(15)27)26-32(28,29)14-8-6-13(7-9-14)30-18-4-2-1-3-16(18)20(24,25)31;1-6-4-2-3-5-6/h1-11,26-27H,31H2;2-5H2,1H3. The number of sulfonamides is 1. The van der Waals surface area contributed by atoms with Crippen molar-refractivity contribution in [3.05, 3.63) is 77.9 Å². The molecule has 0 saturated carbocycles. The van der Waals surface area contributed by atoms with Gasteiger partial charge in [-0.1, -0.05) is 21.4 Å². The highest BCUT2D eigenvalue weighted by molar-refractivity contribution is 7.92. The van der Waals surface area contributed by atoms with E-state index in [1.165, 1.54) is 71.6 Å². The molecule has 1 fully saturated rings. The molecule has 0 aliphatic carbocycles. The maximum absolute atomic E-state index is 13.7. The van der Waals surface area contributed by atoms with Gasteiger partial charge in [-0.05, 0) is 81.5 Å². The number of rotatable bonds is 6. The van der Waals surface area contributed by atoms with Crippen molar-refractivity contribution in [2.45, 2.75) is 29.6 Å². The Morgan fingerprint density at radius 1 is 0.921 bits per heavy atom. The summed E-state index contributed by atoms with van der Waals surface area (Å²) in [6.45, 7) is 2.64. The molecule has 13 heteroatoms. The number of likely N-dealkylation sites (tertiary alicyclic amines) is 1. The van der Waals surface area contributed by atoms with Crippen LogP contribution in [0.1, 0.15) is 24.0 Å². The molecule has 4 rings (SSSR count). The quantitative estimate of drug-likeness (QED) is 0.254. The van der Waals surface area contributed by atoms with Gasteiger partial charge in [-0.3, -0.25) is 4.72 Å². The van der Waals surface area contributed by atoms with Gasteiger partial charge in [-0.15, -0.1) is 0 Å². The molecule has 1 aliphatic heterocycles. The summed E-state index contributed by atoms with van der Waals surface area (Å²) < 4.78 is 98.0. The number of phenolic OH excluding ortho intramolecular Hbond substituents is 1. The molecule has 6 nitrogen and oxygen atoms in total. The number of hydrogen-bond acceptors (Lipinski definition) is 5. The summed E-state index contributed by atoms with van der Waals surface area (Å²) in [5.74, 6) is -1.18. The van der Waals surface area contributed by atoms with Gasteiger partial charge in [0.2, 0.25) is 0 Å². The fraction of sp³-hybridized carbons (Fsp3) is 0.280. The molecule has 1 saturated heterocycles. The molecular weight excluding hydrogens is 550 g/mol. The molecule has 3 aromatic rings. The Bertz CT molecular complexity index is 1340. The lowest BCUT2D eigenvalue weighted by Gasteiger charge is -2.16. The van der Waals surface area contributed by atoms with Crippen LogP contribution in [0.25, 0.3) is 0 Å². The summed E-state index contributed by atoms with van der Waals surface area (Å²) in [6.07, 6.45) is -1.97. The van der Waals surface area contributed by atoms with E-state index in [2.05, 4.69) is 16.7 Å². The maximum atomic E-state index is 13.7. The van der Waals surface area contributed by atoms with Gasteiger partial charge in [-0.2, -0.15) is 22.0 Å². The molecule has 1 unspecified atom stereocenters. The number of ether oxygens (including phenoxy) is 1. The van der Waals surface area contributed by atoms with Crippen molar-refractivity contribution in [1.29, 1.82) is 0 Å². The predicted octanol–water partition coefficient (Wildman–Crippen LogP) is 6.64. The number of hydrogen-bond donors (Lipinski definition) is 2. The maximum Gasteiger partial charge on any atom is 0.419 e. The molecule has 0 aromatic heterocycles. The van der Waals surface area contributed by atoms with Crippen LogP contribution < -0.4 is 9.46 Å². The second kappa shape index (κ2) is 11.8. The average molecular weight is 577 g/mol. The molecule has 0 amide bonds. The molecule has 206 valence electrons. The lowest BCUT2D eigenvalue weighted by Crippen LogP contribution is -2.13. The summed E-state index contributed by atoms with van der Waals surface area (Å²) >= 11 is 0. The highest BCUT2D eigenvalue weighted by atomic mass is 32.2. The van der Waals surface area contributed by atoms with Crippen molar-refractivity contribution in [3.63, 3.8) is 0 Å². The largest absolute Gasteiger partial charge is 0.507 e. The van der Waals surface area contributed by atoms with E-state index in [9.17, 15) is 35.5 Å². The molecule has 0 bridgehead atoms. The third-order valence-corrected chi connectivity index (χ3v) is 7.20. The number of para-hydroxylation sites is 1. The first-order valence-corrected chi connectivity index (χ1v) is 13.4. The van der Waals surface area contributed by atoms with Crippen molar-refractivity contribution in [3.8, 4) is 17.2 Å². The first-order chi connectivity index (χ1) is 17.7. The van der Waals surface area contributed by atoms with Crippen LogP contribution in [0.15, 0.2) is 71.6 Å². The first kappa shape index (κ1) is 29.6. The van der Waals surface area contributed by atoms with Crippen LogP contribution in [0.4, 0.5) is 27.6 Å². The normalized spacial score (nSPS) is 14.5. The van der Waals surface area contributed by atoms with E-state index < -0.39 is 33.2 Å². The lowest BCUT2D eigenvalue weighted by molar-refractivity contribution is -0.138. The highest BCUT2D eigenvalue weighted by Gasteiger charge is 2.34. The van der Waals surface area contributed by atoms with Crippen LogP contribution in [-0.4, -0.2) is 38.6 Å². The first-order valence-electron chi connectivity index (χ1n) is 11.3. The van der Waals surface area contributed by atoms with Crippen LogP contribution in [0.5, 0.6) is 17.2 Å². The van der Waals surface area contributed by atoms with Crippen molar-refractivity contribution in [2.24, 2.45) is 0 Å². The summed E-state index contributed by atoms with van der Waals surface area (Å²) in [5, 5.41) is 9.52. The SMILES string of the molecule is CN1CCCC1.O=S(=O)(Nc1ccc(C(F)(F)F)c(O)c1)c1ccc(Oc2ccccc2C(F)(F)P)cc1. The Hall–Kier alpha value is -2.95. The number of alkyl halides is 5. The third-order valence-electron chi connectivity index (χ3n) is 5.49. The van der Waals surface area contributed by atoms with Crippen LogP contribution in [0.2, 0.25) is 0 Å². The Labute approximate surface area is 219 Å². The van der Waals surface area contributed by atoms with Gasteiger partial charge in [0.25, 0.3) is 15.7 Å². The molecule has 38 heavy (non-hydrogen) atoms. The molecule has 1 heterocycles. The van der Waals surface area contributed by atoms with Gasteiger partial charge >= 0.3 is 6.18 Å². The van der Waals surface area contributed by atoms with Crippen LogP contribution >= 0.6 is 9.24 Å². The molecule has 1 atom stereocenters. The summed E-state index contributed by atoms with van der Waals surface area (Å²) in [6, 6.07) is 12.2. The summed E-state index contributed by atoms with van der Waals surface area (Å²) in [7, 11) is -0.644. The fourth-order valence-corrected chi connectivity index (χ4v) is 4.86. The van der Waals surface area contributed by atoms with Crippen LogP contribution in [0.3, 0.4) is 0 Å². The van der Waals surface area contributed by atoms with Gasteiger partial charge in [0.1, 0.15) is 17.2 Å². The molecule has 3 aromatic carbocycles. The van der Waals surface area contributed by atoms with Gasteiger partial charge in [-0.25, -0.2) is 8.42 Å². The van der Waals surface area contributed by atoms with E-state index in [1.54, 1.807) is 0 Å². The Morgan fingerprint density at radius 3 is 2.03 bits per heavy atom. The van der Waals surface area contributed by atoms with Crippen molar-refractivity contribution in [2.75, 3.05) is 24.9 Å². The number of halogens is 5. The van der Waals surface area contributed by atoms with Crippen molar-refractivity contribution < 1.29 is 40.2 Å². The predicted molar refractivity (Wildman–Crippen MR) is 137 cm³/mol. The lowest BCUT2D eigenvalue weighted by atomic mass is 10.2. The Morgan fingerprint density at radius 2 is 1.53 bits per heavy atom. The topological polar surface area (TPSA) is 78.9 Å². The van der Waals surface area contributed by atoms with E-state index in [1.807, 2.05) is 0 Å². The van der Waals surface area contributed by atoms with E-state index in [4.69, 9.17) is 4.74 Å². The smallest absolute Gasteiger partial charge is 0.419 e. The highest BCUT2D eigenvalue weighted by Crippen LogP contribution is 2.41. The molecule has 1 aliphatic rings. The summed E-state index contributed by atoms with van der Waals surface area (Å²) in [5.41, 5.74) is -5.21. The molecule has 0 radical (unpaired) electrons. The monoisotopic (exact) mass is 576 g/mol. The van der Waals surface area contributed by atoms with Crippen LogP contribution in [0, 0.1) is 0 Å². The van der Waals surface area contributed by atoms with Gasteiger partial charge in [0, 0.05) is 6.07 Å². The van der Waals surface area contributed by atoms with E-state index in [0.29, 0.717) is 12.1 Å². The van der Waals surface area contributed by atoms with Gasteiger partial charge < -0.3 is 14.7 Å². The van der Waals surface area contributed by atoms with E-state index in [-0.39, 0.29) is 27.6 Å². The number of anilines is 1. The minimum atomic E-state index is -4.80. The number of aromatic hydroxyl groups is 1. The fourth-order valence-electron chi connectivity index (χ4n) is 3.57. The number of nitrogens with one attached hydrogen (secondary N) is 1. The molecular formula is C25H26F5N2O4PS. The third kappa shape index (κ3) is 8.02. The average Bonchev–Trinajstić information content (AvgIpc) is 3.29. The Balaban J connectivity index is 0.000000585. The minimum Gasteiger partial charge on any atom is -0.507 e. The van der Waals surface area contributed by atoms with Crippen molar-refractivity contribution in [1.82, 2.24) is 4.90 Å². The Kier molecular flexibility index (Phi) is 9.22. The zero-order valence-electron chi connectivity index (χ0n) is 20.2. The second-order valence-corrected chi connectivity index (χ2v) is 10.9. The van der Waals surface area contributed by atoms with Crippen LogP contribution in [-0.2, 0) is 21.9 Å². The molecule has 2 N–H and O–H groups in total. The number of phenols is 1. The molecule has 0 spiro atoms. The van der Waals surface area contributed by atoms with Gasteiger partial charge in [0.05, 0.1) is 21.7 Å². The minimum absolute atomic E-state index is 0.0813. The number of benzene rings is 3. The summed E-state index contributed by atoms with van der Waals surface area (Å²) in [4.78, 5) is 2.09. The zero-order chi connectivity index (χ0) is 28.1. The van der Waals surface area contributed by atoms with E-state index in [0.717, 1.165) is 18.2 Å². The van der Waals surface area contributed by atoms with Crippen molar-refractivity contribution >= 4 is 25.0 Å². The van der Waals surface area contributed by atoms with E-state index >= 15 is 0 Å². The van der Waals surface area contributed by atoms with Gasteiger partial charge in [0.15, 0.2) is 0 Å².